The van der Waals surface area contributed by atoms with Crippen LogP contribution in [-0.4, -0.2) is 31.5 Å². The Morgan fingerprint density at radius 3 is 2.42 bits per heavy atom. The Morgan fingerprint density at radius 1 is 1.25 bits per heavy atom. The third-order valence-corrected chi connectivity index (χ3v) is 3.27. The second-order valence-electron chi connectivity index (χ2n) is 4.96. The van der Waals surface area contributed by atoms with Crippen LogP contribution in [0, 0.1) is 0 Å². The molecule has 1 amide bonds. The number of carboxylic acids is 1. The quantitative estimate of drug-likeness (QED) is 0.886. The minimum atomic E-state index is -4.62. The van der Waals surface area contributed by atoms with Gasteiger partial charge in [0.1, 0.15) is 17.1 Å². The lowest BCUT2D eigenvalue weighted by molar-refractivity contribution is -0.141. The van der Waals surface area contributed by atoms with E-state index >= 15 is 0 Å². The van der Waals surface area contributed by atoms with E-state index in [-0.39, 0.29) is 17.2 Å². The fourth-order valence-corrected chi connectivity index (χ4v) is 2.03. The van der Waals surface area contributed by atoms with Crippen LogP contribution in [0.5, 0.6) is 0 Å². The Bertz CT molecular complexity index is 786. The zero-order valence-corrected chi connectivity index (χ0v) is 12.6. The summed E-state index contributed by atoms with van der Waals surface area (Å²) in [4.78, 5) is 30.2. The molecule has 24 heavy (non-hydrogen) atoms. The van der Waals surface area contributed by atoms with Gasteiger partial charge in [-0.05, 0) is 25.1 Å². The fraction of sp³-hybridized carbons (Fsp3) is 0.286. The number of carbonyl (C=O) groups excluding carboxylic acids is 1. The third kappa shape index (κ3) is 3.53. The van der Waals surface area contributed by atoms with Crippen LogP contribution in [0.25, 0.3) is 0 Å². The molecule has 0 aliphatic rings. The molecule has 128 valence electrons. The molecule has 0 saturated heterocycles. The number of amides is 1. The Morgan fingerprint density at radius 2 is 1.88 bits per heavy atom. The van der Waals surface area contributed by atoms with Crippen molar-refractivity contribution in [3.8, 4) is 0 Å². The molecule has 2 aromatic rings. The summed E-state index contributed by atoms with van der Waals surface area (Å²) < 4.78 is 39.1. The van der Waals surface area contributed by atoms with E-state index in [1.54, 1.807) is 0 Å². The molecule has 10 heteroatoms. The molecule has 0 aliphatic heterocycles. The van der Waals surface area contributed by atoms with Crippen LogP contribution < -0.4 is 5.32 Å². The zero-order chi connectivity index (χ0) is 18.1. The van der Waals surface area contributed by atoms with E-state index < -0.39 is 29.8 Å². The van der Waals surface area contributed by atoms with Crippen molar-refractivity contribution >= 4 is 11.9 Å². The first-order chi connectivity index (χ1) is 11.1. The lowest BCUT2D eigenvalue weighted by atomic mass is 10.2. The average Bonchev–Trinajstić information content (AvgIpc) is 2.88. The predicted molar refractivity (Wildman–Crippen MR) is 75.3 cm³/mol. The molecular weight excluding hydrogens is 329 g/mol. The van der Waals surface area contributed by atoms with Crippen molar-refractivity contribution in [1.82, 2.24) is 19.9 Å². The second-order valence-corrected chi connectivity index (χ2v) is 4.96. The van der Waals surface area contributed by atoms with Gasteiger partial charge in [0, 0.05) is 13.2 Å². The van der Waals surface area contributed by atoms with Gasteiger partial charge in [0.25, 0.3) is 5.91 Å². The molecule has 2 aromatic heterocycles. The minimum absolute atomic E-state index is 0.0474. The van der Waals surface area contributed by atoms with E-state index in [2.05, 4.69) is 15.3 Å². The maximum Gasteiger partial charge on any atom is 0.433 e. The van der Waals surface area contributed by atoms with Gasteiger partial charge in [-0.3, -0.25) is 4.79 Å². The van der Waals surface area contributed by atoms with E-state index in [1.807, 2.05) is 0 Å². The molecule has 1 atom stereocenters. The molecule has 0 bridgehead atoms. The lowest BCUT2D eigenvalue weighted by Gasteiger charge is -2.14. The molecule has 0 saturated carbocycles. The Hall–Kier alpha value is -2.91. The maximum absolute atomic E-state index is 12.7. The van der Waals surface area contributed by atoms with Gasteiger partial charge in [-0.2, -0.15) is 13.2 Å². The number of carbonyl (C=O) groups is 2. The van der Waals surface area contributed by atoms with Crippen LogP contribution in [0.15, 0.2) is 24.4 Å². The van der Waals surface area contributed by atoms with Crippen molar-refractivity contribution in [2.24, 2.45) is 7.05 Å². The van der Waals surface area contributed by atoms with Crippen LogP contribution in [-0.2, 0) is 13.2 Å². The van der Waals surface area contributed by atoms with Crippen molar-refractivity contribution in [2.45, 2.75) is 19.1 Å². The number of hydrogen-bond acceptors (Lipinski definition) is 4. The molecule has 0 aliphatic carbocycles. The van der Waals surface area contributed by atoms with E-state index in [0.717, 1.165) is 16.8 Å². The van der Waals surface area contributed by atoms with Gasteiger partial charge in [0.2, 0.25) is 0 Å². The van der Waals surface area contributed by atoms with Gasteiger partial charge in [-0.25, -0.2) is 14.8 Å². The molecule has 0 fully saturated rings. The molecule has 2 N–H and O–H groups in total. The third-order valence-electron chi connectivity index (χ3n) is 3.27. The van der Waals surface area contributed by atoms with Crippen molar-refractivity contribution in [3.05, 3.63) is 47.3 Å². The number of nitrogens with one attached hydrogen (secondary N) is 1. The minimum Gasteiger partial charge on any atom is -0.477 e. The van der Waals surface area contributed by atoms with Crippen molar-refractivity contribution in [1.29, 1.82) is 0 Å². The summed E-state index contributed by atoms with van der Waals surface area (Å²) in [6.07, 6.45) is -3.66. The zero-order valence-electron chi connectivity index (χ0n) is 12.6. The maximum atomic E-state index is 12.7. The topological polar surface area (TPSA) is 97.1 Å². The first-order valence-electron chi connectivity index (χ1n) is 6.71. The molecule has 2 heterocycles. The average molecular weight is 342 g/mol. The highest BCUT2D eigenvalue weighted by atomic mass is 19.4. The largest absolute Gasteiger partial charge is 0.477 e. The molecule has 0 aromatic carbocycles. The number of aromatic nitrogens is 3. The van der Waals surface area contributed by atoms with Gasteiger partial charge in [-0.15, -0.1) is 0 Å². The standard InChI is InChI=1S/C14H13F3N4O3/c1-7(11-18-6-5-10(20-11)14(15,16)17)19-12(22)8-3-4-9(13(23)24)21(8)2/h3-7H,1-2H3,(H,19,22)(H,23,24). The fourth-order valence-electron chi connectivity index (χ4n) is 2.03. The predicted octanol–water partition coefficient (Wildman–Crippen LogP) is 2.02. The monoisotopic (exact) mass is 342 g/mol. The normalized spacial score (nSPS) is 12.7. The van der Waals surface area contributed by atoms with Gasteiger partial charge in [0.05, 0.1) is 6.04 Å². The van der Waals surface area contributed by atoms with Crippen LogP contribution in [0.2, 0.25) is 0 Å². The Kier molecular flexibility index (Phi) is 4.58. The van der Waals surface area contributed by atoms with Crippen molar-refractivity contribution in [3.63, 3.8) is 0 Å². The number of halogens is 3. The lowest BCUT2D eigenvalue weighted by Crippen LogP contribution is -2.30. The van der Waals surface area contributed by atoms with E-state index in [0.29, 0.717) is 0 Å². The van der Waals surface area contributed by atoms with Crippen LogP contribution >= 0.6 is 0 Å². The number of rotatable bonds is 4. The summed E-state index contributed by atoms with van der Waals surface area (Å²) >= 11 is 0. The van der Waals surface area contributed by atoms with Gasteiger partial charge in [0.15, 0.2) is 5.82 Å². The van der Waals surface area contributed by atoms with Crippen molar-refractivity contribution in [2.75, 3.05) is 0 Å². The molecule has 1 unspecified atom stereocenters. The van der Waals surface area contributed by atoms with Crippen molar-refractivity contribution < 1.29 is 27.9 Å². The Labute approximate surface area is 134 Å². The van der Waals surface area contributed by atoms with E-state index in [1.165, 1.54) is 26.1 Å². The first kappa shape index (κ1) is 17.4. The smallest absolute Gasteiger partial charge is 0.433 e. The highest BCUT2D eigenvalue weighted by Gasteiger charge is 2.33. The van der Waals surface area contributed by atoms with Gasteiger partial charge >= 0.3 is 12.1 Å². The summed E-state index contributed by atoms with van der Waals surface area (Å²) in [7, 11) is 1.39. The number of nitrogens with zero attached hydrogens (tertiary/aromatic N) is 3. The Balaban J connectivity index is 2.19. The molecule has 0 spiro atoms. The summed E-state index contributed by atoms with van der Waals surface area (Å²) in [6, 6.07) is 2.39. The number of hydrogen-bond donors (Lipinski definition) is 2. The summed E-state index contributed by atoms with van der Waals surface area (Å²) in [6.45, 7) is 1.43. The van der Waals surface area contributed by atoms with E-state index in [4.69, 9.17) is 5.11 Å². The molecule has 2 rings (SSSR count). The number of carboxylic acid groups (broad SMARTS) is 1. The number of alkyl halides is 3. The first-order valence-corrected chi connectivity index (χ1v) is 6.71. The molecule has 0 radical (unpaired) electrons. The molecule has 7 nitrogen and oxygen atoms in total. The molecular formula is C14H13F3N4O3. The van der Waals surface area contributed by atoms with Gasteiger partial charge in [-0.1, -0.05) is 0 Å². The highest BCUT2D eigenvalue weighted by molar-refractivity contribution is 5.95. The summed E-state index contributed by atoms with van der Waals surface area (Å²) in [5.74, 6) is -2.06. The summed E-state index contributed by atoms with van der Waals surface area (Å²) in [5.41, 5.74) is -1.16. The number of aromatic carboxylic acids is 1. The van der Waals surface area contributed by atoms with Gasteiger partial charge < -0.3 is 15.0 Å². The van der Waals surface area contributed by atoms with Crippen LogP contribution in [0.3, 0.4) is 0 Å². The summed E-state index contributed by atoms with van der Waals surface area (Å²) in [5, 5.41) is 11.4. The van der Waals surface area contributed by atoms with Crippen LogP contribution in [0.4, 0.5) is 13.2 Å². The van der Waals surface area contributed by atoms with E-state index in [9.17, 15) is 22.8 Å². The van der Waals surface area contributed by atoms with Crippen LogP contribution in [0.1, 0.15) is 45.5 Å². The highest BCUT2D eigenvalue weighted by Crippen LogP contribution is 2.27. The second kappa shape index (κ2) is 6.30. The SMILES string of the molecule is CC(NC(=O)c1ccc(C(=O)O)n1C)c1nccc(C(F)(F)F)n1.